The molecule has 1 heterocycles. The van der Waals surface area contributed by atoms with Gasteiger partial charge in [0.15, 0.2) is 0 Å². The topological polar surface area (TPSA) is 36.9 Å². The van der Waals surface area contributed by atoms with Crippen molar-refractivity contribution in [2.24, 2.45) is 0 Å². The fourth-order valence-corrected chi connectivity index (χ4v) is 3.72. The zero-order valence-corrected chi connectivity index (χ0v) is 17.6. The van der Waals surface area contributed by atoms with Crippen molar-refractivity contribution in [3.05, 3.63) is 83.4 Å². The van der Waals surface area contributed by atoms with Gasteiger partial charge < -0.3 is 18.9 Å². The van der Waals surface area contributed by atoms with Crippen molar-refractivity contribution in [3.8, 4) is 23.0 Å². The van der Waals surface area contributed by atoms with E-state index in [1.807, 2.05) is 56.3 Å². The van der Waals surface area contributed by atoms with Gasteiger partial charge in [0.2, 0.25) is 0 Å². The van der Waals surface area contributed by atoms with E-state index in [-0.39, 0.29) is 6.10 Å². The molecule has 4 rings (SSSR count). The molecule has 0 radical (unpaired) electrons. The zero-order valence-electron chi connectivity index (χ0n) is 17.6. The number of benzene rings is 3. The normalized spacial score (nSPS) is 15.1. The largest absolute Gasteiger partial charge is 0.494 e. The maximum atomic E-state index is 6.40. The van der Waals surface area contributed by atoms with Crippen LogP contribution in [0.5, 0.6) is 23.0 Å². The number of hydrogen-bond donors (Lipinski definition) is 0. The quantitative estimate of drug-likeness (QED) is 0.453. The molecule has 0 bridgehead atoms. The lowest BCUT2D eigenvalue weighted by Gasteiger charge is -2.28. The molecule has 30 heavy (non-hydrogen) atoms. The van der Waals surface area contributed by atoms with E-state index in [1.54, 1.807) is 0 Å². The van der Waals surface area contributed by atoms with Crippen LogP contribution in [0.1, 0.15) is 43.1 Å². The Morgan fingerprint density at radius 1 is 0.833 bits per heavy atom. The van der Waals surface area contributed by atoms with Crippen molar-refractivity contribution >= 4 is 0 Å². The fourth-order valence-electron chi connectivity index (χ4n) is 3.72. The second-order valence-electron chi connectivity index (χ2n) is 7.25. The summed E-state index contributed by atoms with van der Waals surface area (Å²) in [4.78, 5) is 0. The van der Waals surface area contributed by atoms with Crippen molar-refractivity contribution < 1.29 is 18.9 Å². The summed E-state index contributed by atoms with van der Waals surface area (Å²) in [6.45, 7) is 5.74. The Labute approximate surface area is 178 Å². The summed E-state index contributed by atoms with van der Waals surface area (Å²) in [7, 11) is 0. The van der Waals surface area contributed by atoms with Crippen molar-refractivity contribution in [1.82, 2.24) is 0 Å². The monoisotopic (exact) mass is 404 g/mol. The molecular formula is C26H28O4. The molecule has 1 aliphatic rings. The van der Waals surface area contributed by atoms with Crippen molar-refractivity contribution in [2.75, 3.05) is 13.2 Å². The Hall–Kier alpha value is -3.14. The summed E-state index contributed by atoms with van der Waals surface area (Å²) in [6.07, 6.45) is 1.81. The fraction of sp³-hybridized carbons (Fsp3) is 0.308. The first-order valence-corrected chi connectivity index (χ1v) is 10.6. The van der Waals surface area contributed by atoms with Gasteiger partial charge in [-0.1, -0.05) is 36.4 Å². The van der Waals surface area contributed by atoms with Gasteiger partial charge in [0.05, 0.1) is 13.2 Å². The second kappa shape index (κ2) is 9.57. The first kappa shape index (κ1) is 20.1. The average molecular weight is 405 g/mol. The first-order chi connectivity index (χ1) is 14.8. The highest BCUT2D eigenvalue weighted by Crippen LogP contribution is 2.40. The van der Waals surface area contributed by atoms with E-state index in [0.717, 1.165) is 47.0 Å². The van der Waals surface area contributed by atoms with E-state index >= 15 is 0 Å². The van der Waals surface area contributed by atoms with Crippen LogP contribution in [0.2, 0.25) is 0 Å². The minimum Gasteiger partial charge on any atom is -0.494 e. The van der Waals surface area contributed by atoms with Crippen LogP contribution in [0.25, 0.3) is 0 Å². The van der Waals surface area contributed by atoms with Crippen molar-refractivity contribution in [2.45, 2.75) is 39.4 Å². The number of ether oxygens (including phenoxy) is 4. The van der Waals surface area contributed by atoms with Gasteiger partial charge >= 0.3 is 0 Å². The van der Waals surface area contributed by atoms with Gasteiger partial charge in [-0.25, -0.2) is 0 Å². The smallest absolute Gasteiger partial charge is 0.129 e. The standard InChI is InChI=1S/C26H28O4/c1-3-27-21-13-14-23(26(17-21)28-4-2)24-15-11-20-10-12-22(16-25(20)30-24)29-18-19-8-6-5-7-9-19/h5-10,12-14,16-17,24H,3-4,11,15,18H2,1-2H3. The van der Waals surface area contributed by atoms with Crippen LogP contribution in [0, 0.1) is 0 Å². The van der Waals surface area contributed by atoms with E-state index in [4.69, 9.17) is 18.9 Å². The third-order valence-corrected chi connectivity index (χ3v) is 5.17. The Morgan fingerprint density at radius 3 is 2.40 bits per heavy atom. The maximum Gasteiger partial charge on any atom is 0.129 e. The molecule has 1 atom stereocenters. The number of hydrogen-bond acceptors (Lipinski definition) is 4. The molecule has 4 heteroatoms. The van der Waals surface area contributed by atoms with Crippen molar-refractivity contribution in [3.63, 3.8) is 0 Å². The van der Waals surface area contributed by atoms with Crippen LogP contribution in [-0.2, 0) is 13.0 Å². The van der Waals surface area contributed by atoms with Gasteiger partial charge in [0, 0.05) is 17.7 Å². The minimum atomic E-state index is -0.0564. The van der Waals surface area contributed by atoms with Crippen molar-refractivity contribution in [1.29, 1.82) is 0 Å². The van der Waals surface area contributed by atoms with E-state index < -0.39 is 0 Å². The Bertz CT molecular complexity index is 968. The lowest BCUT2D eigenvalue weighted by Crippen LogP contribution is -2.16. The molecule has 0 saturated carbocycles. The Kier molecular flexibility index (Phi) is 6.43. The van der Waals surface area contributed by atoms with Crippen LogP contribution in [0.3, 0.4) is 0 Å². The summed E-state index contributed by atoms with van der Waals surface area (Å²) < 4.78 is 23.9. The summed E-state index contributed by atoms with van der Waals surface area (Å²) in [6, 6.07) is 22.3. The van der Waals surface area contributed by atoms with Crippen LogP contribution in [0.15, 0.2) is 66.7 Å². The van der Waals surface area contributed by atoms with Crippen LogP contribution in [-0.4, -0.2) is 13.2 Å². The van der Waals surface area contributed by atoms with E-state index in [1.165, 1.54) is 5.56 Å². The molecule has 0 aliphatic carbocycles. The SMILES string of the molecule is CCOc1ccc(C2CCc3ccc(OCc4ccccc4)cc3O2)c(OCC)c1. The molecule has 0 N–H and O–H groups in total. The highest BCUT2D eigenvalue weighted by molar-refractivity contribution is 5.46. The summed E-state index contributed by atoms with van der Waals surface area (Å²) in [5.41, 5.74) is 3.41. The molecule has 0 amide bonds. The molecule has 0 fully saturated rings. The third kappa shape index (κ3) is 4.70. The van der Waals surface area contributed by atoms with Gasteiger partial charge in [-0.3, -0.25) is 0 Å². The summed E-state index contributed by atoms with van der Waals surface area (Å²) in [5.74, 6) is 3.34. The van der Waals surface area contributed by atoms with Gasteiger partial charge in [0.1, 0.15) is 35.7 Å². The molecule has 3 aromatic carbocycles. The lowest BCUT2D eigenvalue weighted by atomic mass is 9.96. The van der Waals surface area contributed by atoms with E-state index in [0.29, 0.717) is 19.8 Å². The predicted molar refractivity (Wildman–Crippen MR) is 118 cm³/mol. The number of aryl methyl sites for hydroxylation is 1. The van der Waals surface area contributed by atoms with Crippen LogP contribution < -0.4 is 18.9 Å². The molecule has 156 valence electrons. The van der Waals surface area contributed by atoms with Gasteiger partial charge in [0.25, 0.3) is 0 Å². The number of rotatable bonds is 8. The highest BCUT2D eigenvalue weighted by Gasteiger charge is 2.25. The predicted octanol–water partition coefficient (Wildman–Crippen LogP) is 6.13. The molecule has 1 unspecified atom stereocenters. The van der Waals surface area contributed by atoms with E-state index in [2.05, 4.69) is 24.3 Å². The molecule has 1 aliphatic heterocycles. The van der Waals surface area contributed by atoms with Gasteiger partial charge in [-0.05, 0) is 56.0 Å². The molecule has 0 spiro atoms. The zero-order chi connectivity index (χ0) is 20.8. The summed E-state index contributed by atoms with van der Waals surface area (Å²) in [5, 5.41) is 0. The van der Waals surface area contributed by atoms with Crippen LogP contribution in [0.4, 0.5) is 0 Å². The van der Waals surface area contributed by atoms with Gasteiger partial charge in [-0.15, -0.1) is 0 Å². The van der Waals surface area contributed by atoms with Crippen LogP contribution >= 0.6 is 0 Å². The first-order valence-electron chi connectivity index (χ1n) is 10.6. The average Bonchev–Trinajstić information content (AvgIpc) is 2.78. The number of fused-ring (bicyclic) bond motifs is 1. The molecule has 0 saturated heterocycles. The lowest BCUT2D eigenvalue weighted by molar-refractivity contribution is 0.169. The summed E-state index contributed by atoms with van der Waals surface area (Å²) >= 11 is 0. The molecule has 3 aromatic rings. The molecule has 0 aromatic heterocycles. The highest BCUT2D eigenvalue weighted by atomic mass is 16.5. The minimum absolute atomic E-state index is 0.0564. The maximum absolute atomic E-state index is 6.40. The third-order valence-electron chi connectivity index (χ3n) is 5.17. The molecular weight excluding hydrogens is 376 g/mol. The Balaban J connectivity index is 1.51. The van der Waals surface area contributed by atoms with Gasteiger partial charge in [-0.2, -0.15) is 0 Å². The molecule has 4 nitrogen and oxygen atoms in total. The second-order valence-corrected chi connectivity index (χ2v) is 7.25. The van der Waals surface area contributed by atoms with E-state index in [9.17, 15) is 0 Å². The Morgan fingerprint density at radius 2 is 1.60 bits per heavy atom.